The molecule has 1 N–H and O–H groups in total. The van der Waals surface area contributed by atoms with Crippen LogP contribution in [0.15, 0.2) is 0 Å². The second kappa shape index (κ2) is 5.80. The highest BCUT2D eigenvalue weighted by Gasteiger charge is 2.38. The zero-order valence-corrected chi connectivity index (χ0v) is 12.1. The molecule has 19 heavy (non-hydrogen) atoms. The molecule has 1 atom stereocenters. The van der Waals surface area contributed by atoms with Gasteiger partial charge in [-0.3, -0.25) is 4.79 Å². The Morgan fingerprint density at radius 1 is 1.21 bits per heavy atom. The van der Waals surface area contributed by atoms with Crippen molar-refractivity contribution >= 4 is 5.91 Å². The number of amides is 1. The SMILES string of the molecule is CN1CCC(C(=O)N(CC2CCNCC2)C2CC2)C1. The first-order valence-electron chi connectivity index (χ1n) is 7.94. The van der Waals surface area contributed by atoms with E-state index in [0.717, 1.165) is 45.1 Å². The molecule has 0 aromatic rings. The molecule has 1 unspecified atom stereocenters. The Labute approximate surface area is 116 Å². The van der Waals surface area contributed by atoms with Crippen LogP contribution < -0.4 is 5.32 Å². The van der Waals surface area contributed by atoms with Gasteiger partial charge in [0.15, 0.2) is 0 Å². The Hall–Kier alpha value is -0.610. The average molecular weight is 265 g/mol. The maximum absolute atomic E-state index is 12.7. The van der Waals surface area contributed by atoms with Crippen molar-refractivity contribution in [1.29, 1.82) is 0 Å². The van der Waals surface area contributed by atoms with Gasteiger partial charge in [0, 0.05) is 19.1 Å². The number of piperidine rings is 1. The molecule has 2 saturated heterocycles. The highest BCUT2D eigenvalue weighted by molar-refractivity contribution is 5.80. The molecule has 0 aromatic heterocycles. The number of rotatable bonds is 4. The number of likely N-dealkylation sites (tertiary alicyclic amines) is 1. The zero-order chi connectivity index (χ0) is 13.2. The molecule has 3 aliphatic rings. The van der Waals surface area contributed by atoms with E-state index in [1.165, 1.54) is 25.7 Å². The molecule has 1 saturated carbocycles. The number of carbonyl (C=O) groups is 1. The van der Waals surface area contributed by atoms with Crippen LogP contribution in [0.1, 0.15) is 32.1 Å². The van der Waals surface area contributed by atoms with Crippen LogP contribution in [-0.4, -0.2) is 61.5 Å². The number of carbonyl (C=O) groups excluding carboxylic acids is 1. The number of hydrogen-bond acceptors (Lipinski definition) is 3. The molecule has 1 amide bonds. The molecule has 3 fully saturated rings. The third kappa shape index (κ3) is 3.29. The lowest BCUT2D eigenvalue weighted by atomic mass is 9.96. The van der Waals surface area contributed by atoms with E-state index >= 15 is 0 Å². The van der Waals surface area contributed by atoms with E-state index in [9.17, 15) is 4.79 Å². The fourth-order valence-corrected chi connectivity index (χ4v) is 3.52. The van der Waals surface area contributed by atoms with Gasteiger partial charge in [-0.05, 0) is 64.7 Å². The first-order valence-corrected chi connectivity index (χ1v) is 7.94. The first kappa shape index (κ1) is 13.4. The predicted molar refractivity (Wildman–Crippen MR) is 75.9 cm³/mol. The summed E-state index contributed by atoms with van der Waals surface area (Å²) in [5.74, 6) is 1.45. The Morgan fingerprint density at radius 3 is 2.53 bits per heavy atom. The second-order valence-electron chi connectivity index (χ2n) is 6.66. The number of hydrogen-bond donors (Lipinski definition) is 1. The monoisotopic (exact) mass is 265 g/mol. The van der Waals surface area contributed by atoms with Crippen molar-refractivity contribution in [1.82, 2.24) is 15.1 Å². The summed E-state index contributed by atoms with van der Waals surface area (Å²) >= 11 is 0. The summed E-state index contributed by atoms with van der Waals surface area (Å²) in [5, 5.41) is 3.41. The maximum Gasteiger partial charge on any atom is 0.227 e. The zero-order valence-electron chi connectivity index (χ0n) is 12.1. The van der Waals surface area contributed by atoms with Crippen molar-refractivity contribution in [2.75, 3.05) is 39.8 Å². The van der Waals surface area contributed by atoms with E-state index in [1.807, 2.05) is 0 Å². The van der Waals surface area contributed by atoms with Crippen molar-refractivity contribution in [3.05, 3.63) is 0 Å². The van der Waals surface area contributed by atoms with Crippen LogP contribution >= 0.6 is 0 Å². The van der Waals surface area contributed by atoms with E-state index in [4.69, 9.17) is 0 Å². The number of nitrogens with one attached hydrogen (secondary N) is 1. The molecule has 108 valence electrons. The van der Waals surface area contributed by atoms with Crippen molar-refractivity contribution in [2.24, 2.45) is 11.8 Å². The van der Waals surface area contributed by atoms with Crippen LogP contribution in [0.25, 0.3) is 0 Å². The predicted octanol–water partition coefficient (Wildman–Crippen LogP) is 0.929. The Balaban J connectivity index is 1.58. The van der Waals surface area contributed by atoms with E-state index in [1.54, 1.807) is 0 Å². The Morgan fingerprint density at radius 2 is 1.95 bits per heavy atom. The molecule has 2 heterocycles. The van der Waals surface area contributed by atoms with E-state index in [-0.39, 0.29) is 5.92 Å². The van der Waals surface area contributed by atoms with Crippen LogP contribution in [-0.2, 0) is 4.79 Å². The normalized spacial score (nSPS) is 29.6. The average Bonchev–Trinajstić information content (AvgIpc) is 3.18. The minimum Gasteiger partial charge on any atom is -0.339 e. The summed E-state index contributed by atoms with van der Waals surface area (Å²) in [7, 11) is 2.13. The molecule has 3 rings (SSSR count). The van der Waals surface area contributed by atoms with Gasteiger partial charge in [-0.1, -0.05) is 0 Å². The second-order valence-corrected chi connectivity index (χ2v) is 6.66. The molecule has 4 heteroatoms. The van der Waals surface area contributed by atoms with Gasteiger partial charge in [-0.15, -0.1) is 0 Å². The summed E-state index contributed by atoms with van der Waals surface area (Å²) < 4.78 is 0. The van der Waals surface area contributed by atoms with Gasteiger partial charge < -0.3 is 15.1 Å². The molecule has 4 nitrogen and oxygen atoms in total. The maximum atomic E-state index is 12.7. The molecule has 0 spiro atoms. The first-order chi connectivity index (χ1) is 9.24. The summed E-state index contributed by atoms with van der Waals surface area (Å²) in [4.78, 5) is 17.3. The standard InChI is InChI=1S/C15H27N3O/c1-17-9-6-13(11-17)15(19)18(14-2-3-14)10-12-4-7-16-8-5-12/h12-14,16H,2-11H2,1H3. The summed E-state index contributed by atoms with van der Waals surface area (Å²) in [6.45, 7) is 5.33. The Kier molecular flexibility index (Phi) is 4.08. The van der Waals surface area contributed by atoms with E-state index in [0.29, 0.717) is 11.9 Å². The quantitative estimate of drug-likeness (QED) is 0.821. The fourth-order valence-electron chi connectivity index (χ4n) is 3.52. The summed E-state index contributed by atoms with van der Waals surface area (Å²) in [6.07, 6.45) is 6.01. The van der Waals surface area contributed by atoms with Gasteiger partial charge >= 0.3 is 0 Å². The Bertz CT molecular complexity index is 323. The van der Waals surface area contributed by atoms with Crippen LogP contribution in [0.3, 0.4) is 0 Å². The van der Waals surface area contributed by atoms with Gasteiger partial charge in [-0.25, -0.2) is 0 Å². The van der Waals surface area contributed by atoms with Gasteiger partial charge in [-0.2, -0.15) is 0 Å². The third-order valence-electron chi connectivity index (χ3n) is 4.92. The fraction of sp³-hybridized carbons (Fsp3) is 0.933. The lowest BCUT2D eigenvalue weighted by Gasteiger charge is -2.32. The molecule has 0 aromatic carbocycles. The largest absolute Gasteiger partial charge is 0.339 e. The minimum atomic E-state index is 0.271. The number of nitrogens with zero attached hydrogens (tertiary/aromatic N) is 2. The van der Waals surface area contributed by atoms with Gasteiger partial charge in [0.25, 0.3) is 0 Å². The molecule has 0 radical (unpaired) electrons. The highest BCUT2D eigenvalue weighted by atomic mass is 16.2. The van der Waals surface area contributed by atoms with Crippen LogP contribution in [0.4, 0.5) is 0 Å². The van der Waals surface area contributed by atoms with Crippen molar-refractivity contribution in [3.63, 3.8) is 0 Å². The van der Waals surface area contributed by atoms with Crippen molar-refractivity contribution in [3.8, 4) is 0 Å². The van der Waals surface area contributed by atoms with Crippen LogP contribution in [0, 0.1) is 11.8 Å². The highest BCUT2D eigenvalue weighted by Crippen LogP contribution is 2.31. The van der Waals surface area contributed by atoms with Crippen molar-refractivity contribution in [2.45, 2.75) is 38.1 Å². The topological polar surface area (TPSA) is 35.6 Å². The van der Waals surface area contributed by atoms with E-state index in [2.05, 4.69) is 22.2 Å². The lowest BCUT2D eigenvalue weighted by Crippen LogP contribution is -2.43. The molecule has 0 bridgehead atoms. The third-order valence-corrected chi connectivity index (χ3v) is 4.92. The molecular weight excluding hydrogens is 238 g/mol. The summed E-state index contributed by atoms with van der Waals surface area (Å²) in [6, 6.07) is 0.577. The van der Waals surface area contributed by atoms with Gasteiger partial charge in [0.1, 0.15) is 0 Å². The van der Waals surface area contributed by atoms with Gasteiger partial charge in [0.05, 0.1) is 5.92 Å². The van der Waals surface area contributed by atoms with Crippen LogP contribution in [0.5, 0.6) is 0 Å². The molecular formula is C15H27N3O. The van der Waals surface area contributed by atoms with E-state index < -0.39 is 0 Å². The molecule has 2 aliphatic heterocycles. The van der Waals surface area contributed by atoms with Crippen LogP contribution in [0.2, 0.25) is 0 Å². The summed E-state index contributed by atoms with van der Waals surface area (Å²) in [5.41, 5.74) is 0. The smallest absolute Gasteiger partial charge is 0.227 e. The molecule has 1 aliphatic carbocycles. The lowest BCUT2D eigenvalue weighted by molar-refractivity contribution is -0.136. The van der Waals surface area contributed by atoms with Crippen molar-refractivity contribution < 1.29 is 4.79 Å². The van der Waals surface area contributed by atoms with Gasteiger partial charge in [0.2, 0.25) is 5.91 Å². The minimum absolute atomic E-state index is 0.271.